The minimum Gasteiger partial charge on any atom is -0.343 e. The smallest absolute Gasteiger partial charge is 0.283 e. The van der Waals surface area contributed by atoms with Gasteiger partial charge in [0.05, 0.1) is 4.92 Å². The highest BCUT2D eigenvalue weighted by atomic mass is 79.9. The van der Waals surface area contributed by atoms with Crippen LogP contribution in [0.2, 0.25) is 0 Å². The van der Waals surface area contributed by atoms with Crippen LogP contribution in [0.1, 0.15) is 5.56 Å². The molecule has 106 valence electrons. The number of nitrogens with zero attached hydrogens (tertiary/aromatic N) is 2. The van der Waals surface area contributed by atoms with Crippen molar-refractivity contribution >= 4 is 48.5 Å². The minimum atomic E-state index is -0.377. The standard InChI is InChI=1S/C15H10Br2N2O2/c16-12-4-5-13-10(8-12)6-7-18(13)9-11-2-1-3-14(15(11)17)19(20)21/h1-8H,9H2. The van der Waals surface area contributed by atoms with Gasteiger partial charge < -0.3 is 4.57 Å². The summed E-state index contributed by atoms with van der Waals surface area (Å²) in [7, 11) is 0. The summed E-state index contributed by atoms with van der Waals surface area (Å²) in [6, 6.07) is 13.2. The van der Waals surface area contributed by atoms with E-state index >= 15 is 0 Å². The SMILES string of the molecule is O=[N+]([O-])c1cccc(Cn2ccc3cc(Br)ccc32)c1Br. The number of nitro benzene ring substituents is 1. The lowest BCUT2D eigenvalue weighted by atomic mass is 10.2. The highest BCUT2D eigenvalue weighted by molar-refractivity contribution is 9.11. The number of hydrogen-bond acceptors (Lipinski definition) is 2. The molecule has 1 aromatic heterocycles. The first-order valence-corrected chi connectivity index (χ1v) is 7.81. The summed E-state index contributed by atoms with van der Waals surface area (Å²) in [6.07, 6.45) is 1.99. The van der Waals surface area contributed by atoms with Crippen molar-refractivity contribution in [1.82, 2.24) is 4.57 Å². The van der Waals surface area contributed by atoms with Gasteiger partial charge in [-0.15, -0.1) is 0 Å². The second-order valence-corrected chi connectivity index (χ2v) is 6.36. The molecular formula is C15H10Br2N2O2. The van der Waals surface area contributed by atoms with Crippen LogP contribution in [0.15, 0.2) is 57.6 Å². The van der Waals surface area contributed by atoms with Gasteiger partial charge in [0.25, 0.3) is 5.69 Å². The topological polar surface area (TPSA) is 48.1 Å². The summed E-state index contributed by atoms with van der Waals surface area (Å²) in [4.78, 5) is 10.6. The fourth-order valence-corrected chi connectivity index (χ4v) is 3.24. The van der Waals surface area contributed by atoms with Crippen LogP contribution < -0.4 is 0 Å². The van der Waals surface area contributed by atoms with Crippen molar-refractivity contribution in [2.75, 3.05) is 0 Å². The number of halogens is 2. The summed E-state index contributed by atoms with van der Waals surface area (Å²) in [5.74, 6) is 0. The molecule has 0 atom stereocenters. The molecule has 1 heterocycles. The Bertz CT molecular complexity index is 843. The van der Waals surface area contributed by atoms with Crippen LogP contribution in [0.5, 0.6) is 0 Å². The molecule has 0 fully saturated rings. The summed E-state index contributed by atoms with van der Waals surface area (Å²) in [5.41, 5.74) is 2.06. The Balaban J connectivity index is 2.03. The van der Waals surface area contributed by atoms with Crippen molar-refractivity contribution in [3.63, 3.8) is 0 Å². The van der Waals surface area contributed by atoms with Crippen LogP contribution >= 0.6 is 31.9 Å². The van der Waals surface area contributed by atoms with Gasteiger partial charge >= 0.3 is 0 Å². The van der Waals surface area contributed by atoms with Gasteiger partial charge in [0.1, 0.15) is 4.47 Å². The average Bonchev–Trinajstić information content (AvgIpc) is 2.83. The van der Waals surface area contributed by atoms with Crippen molar-refractivity contribution in [2.24, 2.45) is 0 Å². The Morgan fingerprint density at radius 3 is 2.71 bits per heavy atom. The molecule has 0 saturated heterocycles. The van der Waals surface area contributed by atoms with Crippen LogP contribution in [0.3, 0.4) is 0 Å². The van der Waals surface area contributed by atoms with Crippen molar-refractivity contribution < 1.29 is 4.92 Å². The van der Waals surface area contributed by atoms with Gasteiger partial charge in [-0.25, -0.2) is 0 Å². The largest absolute Gasteiger partial charge is 0.343 e. The van der Waals surface area contributed by atoms with E-state index in [2.05, 4.69) is 36.4 Å². The van der Waals surface area contributed by atoms with E-state index in [1.54, 1.807) is 6.07 Å². The van der Waals surface area contributed by atoms with Crippen molar-refractivity contribution in [1.29, 1.82) is 0 Å². The molecule has 6 heteroatoms. The van der Waals surface area contributed by atoms with Gasteiger partial charge in [-0.2, -0.15) is 0 Å². The van der Waals surface area contributed by atoms with Gasteiger partial charge in [-0.3, -0.25) is 10.1 Å². The Hall–Kier alpha value is -1.66. The molecule has 0 aliphatic rings. The van der Waals surface area contributed by atoms with Crippen molar-refractivity contribution in [3.05, 3.63) is 73.3 Å². The summed E-state index contributed by atoms with van der Waals surface area (Å²) < 4.78 is 3.64. The van der Waals surface area contributed by atoms with E-state index in [4.69, 9.17) is 0 Å². The second kappa shape index (κ2) is 5.61. The van der Waals surface area contributed by atoms with E-state index in [1.807, 2.05) is 36.5 Å². The highest BCUT2D eigenvalue weighted by Gasteiger charge is 2.15. The van der Waals surface area contributed by atoms with E-state index in [0.717, 1.165) is 20.9 Å². The number of benzene rings is 2. The third kappa shape index (κ3) is 2.73. The quantitative estimate of drug-likeness (QED) is 0.445. The lowest BCUT2D eigenvalue weighted by molar-refractivity contribution is -0.385. The fraction of sp³-hybridized carbons (Fsp3) is 0.0667. The van der Waals surface area contributed by atoms with E-state index < -0.39 is 0 Å². The Kier molecular flexibility index (Phi) is 3.82. The molecule has 0 bridgehead atoms. The van der Waals surface area contributed by atoms with Crippen LogP contribution in [0.4, 0.5) is 5.69 Å². The maximum Gasteiger partial charge on any atom is 0.283 e. The first-order chi connectivity index (χ1) is 10.1. The molecule has 3 aromatic rings. The number of fused-ring (bicyclic) bond motifs is 1. The van der Waals surface area contributed by atoms with Gasteiger partial charge in [-0.1, -0.05) is 28.1 Å². The molecular weight excluding hydrogens is 400 g/mol. The predicted molar refractivity (Wildman–Crippen MR) is 89.5 cm³/mol. The molecule has 0 N–H and O–H groups in total. The first kappa shape index (κ1) is 14.3. The van der Waals surface area contributed by atoms with E-state index in [1.165, 1.54) is 6.07 Å². The molecule has 3 rings (SSSR count). The maximum atomic E-state index is 11.0. The second-order valence-electron chi connectivity index (χ2n) is 4.65. The third-order valence-electron chi connectivity index (χ3n) is 3.33. The van der Waals surface area contributed by atoms with Crippen molar-refractivity contribution in [3.8, 4) is 0 Å². The summed E-state index contributed by atoms with van der Waals surface area (Å²) >= 11 is 6.79. The molecule has 0 aliphatic carbocycles. The van der Waals surface area contributed by atoms with Crippen molar-refractivity contribution in [2.45, 2.75) is 6.54 Å². The normalized spacial score (nSPS) is 11.0. The monoisotopic (exact) mass is 408 g/mol. The Labute approximate surface area is 137 Å². The zero-order valence-electron chi connectivity index (χ0n) is 10.8. The Morgan fingerprint density at radius 1 is 1.14 bits per heavy atom. The molecule has 4 nitrogen and oxygen atoms in total. The van der Waals surface area contributed by atoms with Crippen LogP contribution in [-0.2, 0) is 6.54 Å². The maximum absolute atomic E-state index is 11.0. The zero-order valence-corrected chi connectivity index (χ0v) is 14.0. The predicted octanol–water partition coefficient (Wildman–Crippen LogP) is 5.12. The van der Waals surface area contributed by atoms with Crippen LogP contribution in [0, 0.1) is 10.1 Å². The zero-order chi connectivity index (χ0) is 15.0. The lowest BCUT2D eigenvalue weighted by Gasteiger charge is -2.08. The number of nitro groups is 1. The first-order valence-electron chi connectivity index (χ1n) is 6.22. The molecule has 0 spiro atoms. The Morgan fingerprint density at radius 2 is 1.95 bits per heavy atom. The molecule has 0 amide bonds. The number of rotatable bonds is 3. The van der Waals surface area contributed by atoms with Crippen LogP contribution in [0.25, 0.3) is 10.9 Å². The minimum absolute atomic E-state index is 0.0895. The van der Waals surface area contributed by atoms with E-state index in [9.17, 15) is 10.1 Å². The number of hydrogen-bond donors (Lipinski definition) is 0. The van der Waals surface area contributed by atoms with Gasteiger partial charge in [-0.05, 0) is 45.8 Å². The molecule has 0 saturated carbocycles. The molecule has 0 unspecified atom stereocenters. The highest BCUT2D eigenvalue weighted by Crippen LogP contribution is 2.30. The summed E-state index contributed by atoms with van der Waals surface area (Å²) in [6.45, 7) is 0.577. The molecule has 0 aliphatic heterocycles. The molecule has 21 heavy (non-hydrogen) atoms. The molecule has 0 radical (unpaired) electrons. The third-order valence-corrected chi connectivity index (χ3v) is 4.74. The number of aromatic nitrogens is 1. The fourth-order valence-electron chi connectivity index (χ4n) is 2.32. The average molecular weight is 410 g/mol. The van der Waals surface area contributed by atoms with Gasteiger partial charge in [0.2, 0.25) is 0 Å². The van der Waals surface area contributed by atoms with Crippen LogP contribution in [-0.4, -0.2) is 9.49 Å². The van der Waals surface area contributed by atoms with E-state index in [-0.39, 0.29) is 10.6 Å². The van der Waals surface area contributed by atoms with E-state index in [0.29, 0.717) is 11.0 Å². The summed E-state index contributed by atoms with van der Waals surface area (Å²) in [5, 5.41) is 12.1. The van der Waals surface area contributed by atoms with Gasteiger partial charge in [0.15, 0.2) is 0 Å². The molecule has 2 aromatic carbocycles. The lowest BCUT2D eigenvalue weighted by Crippen LogP contribution is -2.00. The van der Waals surface area contributed by atoms with Gasteiger partial charge in [0, 0.05) is 34.2 Å².